The van der Waals surface area contributed by atoms with Gasteiger partial charge in [-0.1, -0.05) is 19.1 Å². The number of ether oxygens (including phenoxy) is 2. The highest BCUT2D eigenvalue weighted by Gasteiger charge is 2.39. The molecule has 0 saturated carbocycles. The first-order chi connectivity index (χ1) is 9.46. The maximum Gasteiger partial charge on any atom is 0.320 e. The van der Waals surface area contributed by atoms with Crippen LogP contribution in [-0.4, -0.2) is 49.6 Å². The van der Waals surface area contributed by atoms with Crippen LogP contribution in [0.1, 0.15) is 20.3 Å². The number of carbonyl (C=O) groups excluding carboxylic acids is 3. The molecule has 0 aliphatic carbocycles. The SMILES string of the molecule is CC[C@H]1C=C[C@@H](C(C(=O)OC)C(=O)OC)CN1C(C)=O. The Hall–Kier alpha value is -1.85. The number of hydrogen-bond donors (Lipinski definition) is 0. The van der Waals surface area contributed by atoms with E-state index in [4.69, 9.17) is 0 Å². The molecule has 0 fully saturated rings. The van der Waals surface area contributed by atoms with Crippen molar-refractivity contribution in [2.24, 2.45) is 11.8 Å². The van der Waals surface area contributed by atoms with Crippen LogP contribution in [0.25, 0.3) is 0 Å². The third-order valence-corrected chi connectivity index (χ3v) is 3.55. The quantitative estimate of drug-likeness (QED) is 0.433. The molecule has 0 spiro atoms. The Balaban J connectivity index is 3.01. The summed E-state index contributed by atoms with van der Waals surface area (Å²) in [5, 5.41) is 0. The van der Waals surface area contributed by atoms with Crippen molar-refractivity contribution in [1.82, 2.24) is 4.90 Å². The van der Waals surface area contributed by atoms with Crippen molar-refractivity contribution in [2.75, 3.05) is 20.8 Å². The third kappa shape index (κ3) is 3.37. The van der Waals surface area contributed by atoms with E-state index in [0.717, 1.165) is 6.42 Å². The summed E-state index contributed by atoms with van der Waals surface area (Å²) >= 11 is 0. The minimum atomic E-state index is -1.04. The van der Waals surface area contributed by atoms with Crippen LogP contribution in [0.5, 0.6) is 0 Å². The molecule has 1 heterocycles. The largest absolute Gasteiger partial charge is 0.468 e. The summed E-state index contributed by atoms with van der Waals surface area (Å²) in [6.07, 6.45) is 4.43. The van der Waals surface area contributed by atoms with Gasteiger partial charge in [-0.25, -0.2) is 0 Å². The lowest BCUT2D eigenvalue weighted by molar-refractivity contribution is -0.162. The highest BCUT2D eigenvalue weighted by molar-refractivity contribution is 5.95. The highest BCUT2D eigenvalue weighted by Crippen LogP contribution is 2.25. The summed E-state index contributed by atoms with van der Waals surface area (Å²) < 4.78 is 9.32. The van der Waals surface area contributed by atoms with E-state index in [1.807, 2.05) is 13.0 Å². The molecular formula is C14H21NO5. The molecule has 1 amide bonds. The molecular weight excluding hydrogens is 262 g/mol. The lowest BCUT2D eigenvalue weighted by Crippen LogP contribution is -2.47. The van der Waals surface area contributed by atoms with E-state index in [-0.39, 0.29) is 11.9 Å². The summed E-state index contributed by atoms with van der Waals surface area (Å²) in [4.78, 5) is 36.9. The first kappa shape index (κ1) is 16.2. The Labute approximate surface area is 118 Å². The van der Waals surface area contributed by atoms with Crippen molar-refractivity contribution in [3.63, 3.8) is 0 Å². The van der Waals surface area contributed by atoms with E-state index in [2.05, 4.69) is 9.47 Å². The fraction of sp³-hybridized carbons (Fsp3) is 0.643. The van der Waals surface area contributed by atoms with Crippen LogP contribution in [0.15, 0.2) is 12.2 Å². The molecule has 0 N–H and O–H groups in total. The van der Waals surface area contributed by atoms with Gasteiger partial charge in [-0.15, -0.1) is 0 Å². The number of carbonyl (C=O) groups is 3. The first-order valence-electron chi connectivity index (χ1n) is 6.57. The number of nitrogens with zero attached hydrogens (tertiary/aromatic N) is 1. The average Bonchev–Trinajstić information content (AvgIpc) is 2.46. The third-order valence-electron chi connectivity index (χ3n) is 3.55. The van der Waals surface area contributed by atoms with Gasteiger partial charge in [0.05, 0.1) is 14.2 Å². The van der Waals surface area contributed by atoms with Gasteiger partial charge in [-0.05, 0) is 6.42 Å². The Morgan fingerprint density at radius 1 is 1.20 bits per heavy atom. The second-order valence-corrected chi connectivity index (χ2v) is 4.72. The Bertz CT molecular complexity index is 402. The molecule has 0 bridgehead atoms. The Morgan fingerprint density at radius 3 is 2.15 bits per heavy atom. The second kappa shape index (κ2) is 7.07. The first-order valence-corrected chi connectivity index (χ1v) is 6.57. The zero-order valence-corrected chi connectivity index (χ0v) is 12.3. The fourth-order valence-corrected chi connectivity index (χ4v) is 2.43. The van der Waals surface area contributed by atoms with Crippen molar-refractivity contribution < 1.29 is 23.9 Å². The van der Waals surface area contributed by atoms with Gasteiger partial charge in [0.15, 0.2) is 5.92 Å². The van der Waals surface area contributed by atoms with Crippen molar-refractivity contribution >= 4 is 17.8 Å². The molecule has 20 heavy (non-hydrogen) atoms. The predicted molar refractivity (Wildman–Crippen MR) is 71.6 cm³/mol. The van der Waals surface area contributed by atoms with Crippen molar-refractivity contribution in [1.29, 1.82) is 0 Å². The molecule has 0 aromatic carbocycles. The minimum Gasteiger partial charge on any atom is -0.468 e. The maximum absolute atomic E-state index is 11.8. The van der Waals surface area contributed by atoms with Crippen molar-refractivity contribution in [3.05, 3.63) is 12.2 Å². The summed E-state index contributed by atoms with van der Waals surface area (Å²) in [5.74, 6) is -2.85. The molecule has 6 heteroatoms. The highest BCUT2D eigenvalue weighted by atomic mass is 16.5. The van der Waals surface area contributed by atoms with Crippen LogP contribution < -0.4 is 0 Å². The molecule has 6 nitrogen and oxygen atoms in total. The minimum absolute atomic E-state index is 0.000283. The monoisotopic (exact) mass is 283 g/mol. The van der Waals surface area contributed by atoms with E-state index >= 15 is 0 Å². The molecule has 1 rings (SSSR count). The molecule has 0 aromatic rings. The van der Waals surface area contributed by atoms with Crippen LogP contribution in [0, 0.1) is 11.8 Å². The number of methoxy groups -OCH3 is 2. The summed E-state index contributed by atoms with van der Waals surface area (Å²) in [6, 6.07) is -0.000283. The normalized spacial score (nSPS) is 21.8. The van der Waals surface area contributed by atoms with Gasteiger partial charge in [-0.2, -0.15) is 0 Å². The Kier molecular flexibility index (Phi) is 5.73. The summed E-state index contributed by atoms with van der Waals surface area (Å²) in [6.45, 7) is 3.76. The van der Waals surface area contributed by atoms with Crippen LogP contribution >= 0.6 is 0 Å². The van der Waals surface area contributed by atoms with Gasteiger partial charge in [-0.3, -0.25) is 14.4 Å². The second-order valence-electron chi connectivity index (χ2n) is 4.72. The Morgan fingerprint density at radius 2 is 1.75 bits per heavy atom. The van der Waals surface area contributed by atoms with E-state index in [0.29, 0.717) is 6.54 Å². The number of rotatable bonds is 4. The van der Waals surface area contributed by atoms with Gasteiger partial charge < -0.3 is 14.4 Å². The fourth-order valence-electron chi connectivity index (χ4n) is 2.43. The van der Waals surface area contributed by atoms with Crippen LogP contribution in [0.3, 0.4) is 0 Å². The van der Waals surface area contributed by atoms with Crippen LogP contribution in [0.4, 0.5) is 0 Å². The molecule has 2 atom stereocenters. The van der Waals surface area contributed by atoms with Gasteiger partial charge in [0.25, 0.3) is 0 Å². The van der Waals surface area contributed by atoms with Crippen molar-refractivity contribution in [3.8, 4) is 0 Å². The number of esters is 2. The lowest BCUT2D eigenvalue weighted by Gasteiger charge is -2.36. The zero-order chi connectivity index (χ0) is 15.3. The van der Waals surface area contributed by atoms with E-state index in [9.17, 15) is 14.4 Å². The molecule has 0 saturated heterocycles. The van der Waals surface area contributed by atoms with E-state index < -0.39 is 23.8 Å². The van der Waals surface area contributed by atoms with Gasteiger partial charge >= 0.3 is 11.9 Å². The molecule has 1 aliphatic heterocycles. The zero-order valence-electron chi connectivity index (χ0n) is 12.3. The number of amides is 1. The van der Waals surface area contributed by atoms with E-state index in [1.54, 1.807) is 11.0 Å². The summed E-state index contributed by atoms with van der Waals surface area (Å²) in [7, 11) is 2.45. The van der Waals surface area contributed by atoms with Gasteiger partial charge in [0.2, 0.25) is 5.91 Å². The molecule has 0 radical (unpaired) electrons. The summed E-state index contributed by atoms with van der Waals surface area (Å²) in [5.41, 5.74) is 0. The molecule has 0 aromatic heterocycles. The topological polar surface area (TPSA) is 72.9 Å². The molecule has 1 aliphatic rings. The van der Waals surface area contributed by atoms with Gasteiger partial charge in [0, 0.05) is 25.4 Å². The standard InChI is InChI=1S/C14H21NO5/c1-5-11-7-6-10(8-15(11)9(2)16)12(13(17)19-3)14(18)20-4/h6-7,10-12H,5,8H2,1-4H3/t10-,11+/m1/s1. The van der Waals surface area contributed by atoms with Gasteiger partial charge in [0.1, 0.15) is 0 Å². The predicted octanol–water partition coefficient (Wildman–Crippen LogP) is 0.762. The smallest absolute Gasteiger partial charge is 0.320 e. The van der Waals surface area contributed by atoms with Crippen LogP contribution in [0.2, 0.25) is 0 Å². The lowest BCUT2D eigenvalue weighted by atomic mass is 9.87. The number of hydrogen-bond acceptors (Lipinski definition) is 5. The molecule has 112 valence electrons. The van der Waals surface area contributed by atoms with Crippen molar-refractivity contribution in [2.45, 2.75) is 26.3 Å². The molecule has 0 unspecified atom stereocenters. The average molecular weight is 283 g/mol. The van der Waals surface area contributed by atoms with Crippen LogP contribution in [-0.2, 0) is 23.9 Å². The maximum atomic E-state index is 11.8. The van der Waals surface area contributed by atoms with E-state index in [1.165, 1.54) is 21.1 Å².